The largest absolute Gasteiger partial charge is 0.318 e. The van der Waals surface area contributed by atoms with Crippen LogP contribution in [0.2, 0.25) is 10.0 Å². The van der Waals surface area contributed by atoms with Gasteiger partial charge in [0.05, 0.1) is 16.8 Å². The quantitative estimate of drug-likeness (QED) is 0.734. The van der Waals surface area contributed by atoms with Crippen molar-refractivity contribution >= 4 is 40.7 Å². The highest BCUT2D eigenvalue weighted by Gasteiger charge is 2.24. The summed E-state index contributed by atoms with van der Waals surface area (Å²) in [5.74, 6) is 1.25. The number of hydrogen-bond donors (Lipinski definition) is 1. The van der Waals surface area contributed by atoms with Crippen LogP contribution in [0.3, 0.4) is 0 Å². The predicted molar refractivity (Wildman–Crippen MR) is 102 cm³/mol. The van der Waals surface area contributed by atoms with Crippen LogP contribution in [0.1, 0.15) is 23.0 Å². The minimum Gasteiger partial charge on any atom is -0.318 e. The molecule has 0 spiro atoms. The van der Waals surface area contributed by atoms with Crippen LogP contribution in [-0.2, 0) is 0 Å². The summed E-state index contributed by atoms with van der Waals surface area (Å²) >= 11 is 13.9. The van der Waals surface area contributed by atoms with E-state index in [0.29, 0.717) is 21.6 Å². The van der Waals surface area contributed by atoms with E-state index in [1.165, 1.54) is 0 Å². The molecule has 1 unspecified atom stereocenters. The molecule has 0 saturated heterocycles. The number of aromatic nitrogens is 3. The van der Waals surface area contributed by atoms with Gasteiger partial charge in [0.25, 0.3) is 0 Å². The minimum atomic E-state index is -0.410. The lowest BCUT2D eigenvalue weighted by atomic mass is 10.1. The van der Waals surface area contributed by atoms with Crippen molar-refractivity contribution in [2.24, 2.45) is 10.8 Å². The van der Waals surface area contributed by atoms with Gasteiger partial charge in [-0.2, -0.15) is 9.78 Å². The Balaban J connectivity index is 1.75. The molecule has 2 aromatic carbocycles. The minimum absolute atomic E-state index is 0.410. The first-order valence-electron chi connectivity index (χ1n) is 7.55. The average Bonchev–Trinajstić information content (AvgIpc) is 3.05. The van der Waals surface area contributed by atoms with Gasteiger partial charge in [-0.15, -0.1) is 10.2 Å². The fourth-order valence-corrected chi connectivity index (χ4v) is 3.95. The van der Waals surface area contributed by atoms with E-state index >= 15 is 0 Å². The average molecular weight is 390 g/mol. The van der Waals surface area contributed by atoms with Crippen molar-refractivity contribution in [3.05, 3.63) is 75.5 Å². The highest BCUT2D eigenvalue weighted by atomic mass is 35.5. The van der Waals surface area contributed by atoms with Gasteiger partial charge < -0.3 is 5.73 Å². The van der Waals surface area contributed by atoms with Gasteiger partial charge in [0, 0.05) is 16.3 Å². The molecule has 3 aromatic rings. The molecule has 1 aliphatic rings. The van der Waals surface area contributed by atoms with Gasteiger partial charge >= 0.3 is 0 Å². The molecule has 8 heteroatoms. The van der Waals surface area contributed by atoms with Gasteiger partial charge in [0.1, 0.15) is 0 Å². The number of halogens is 2. The molecule has 5 nitrogen and oxygen atoms in total. The zero-order valence-electron chi connectivity index (χ0n) is 12.9. The standard InChI is InChI=1S/C17H13Cl2N5S/c18-11-6-7-12(13(19)8-11)14-9-25-17-22-21-16(24(17)23-14)15(20)10-4-2-1-3-5-10/h1-8,15H,9,20H2. The van der Waals surface area contributed by atoms with Crippen LogP contribution in [0, 0.1) is 0 Å². The molecular formula is C17H13Cl2N5S. The summed E-state index contributed by atoms with van der Waals surface area (Å²) in [6.07, 6.45) is 0. The second-order valence-electron chi connectivity index (χ2n) is 5.50. The predicted octanol–water partition coefficient (Wildman–Crippen LogP) is 3.99. The number of nitrogens with zero attached hydrogens (tertiary/aromatic N) is 4. The van der Waals surface area contributed by atoms with Gasteiger partial charge in [-0.25, -0.2) is 0 Å². The Morgan fingerprint density at radius 3 is 2.64 bits per heavy atom. The molecule has 25 heavy (non-hydrogen) atoms. The fraction of sp³-hybridized carbons (Fsp3) is 0.118. The van der Waals surface area contributed by atoms with Gasteiger partial charge in [-0.05, 0) is 17.7 Å². The number of thioether (sulfide) groups is 1. The third-order valence-electron chi connectivity index (χ3n) is 3.87. The Bertz CT molecular complexity index is 955. The van der Waals surface area contributed by atoms with Gasteiger partial charge in [0.15, 0.2) is 5.82 Å². The van der Waals surface area contributed by atoms with Crippen molar-refractivity contribution in [2.75, 3.05) is 5.75 Å². The van der Waals surface area contributed by atoms with Crippen molar-refractivity contribution < 1.29 is 0 Å². The lowest BCUT2D eigenvalue weighted by molar-refractivity contribution is 0.666. The van der Waals surface area contributed by atoms with Crippen LogP contribution in [0.5, 0.6) is 0 Å². The van der Waals surface area contributed by atoms with E-state index in [2.05, 4.69) is 10.2 Å². The van der Waals surface area contributed by atoms with E-state index in [9.17, 15) is 0 Å². The third kappa shape index (κ3) is 3.18. The Kier molecular flexibility index (Phi) is 4.52. The van der Waals surface area contributed by atoms with Crippen LogP contribution in [-0.4, -0.2) is 26.3 Å². The smallest absolute Gasteiger partial charge is 0.212 e. The highest BCUT2D eigenvalue weighted by molar-refractivity contribution is 7.99. The lowest BCUT2D eigenvalue weighted by Crippen LogP contribution is -2.20. The molecule has 1 atom stereocenters. The van der Waals surface area contributed by atoms with Gasteiger partial charge in [-0.3, -0.25) is 0 Å². The van der Waals surface area contributed by atoms with Crippen molar-refractivity contribution in [1.29, 1.82) is 0 Å². The summed E-state index contributed by atoms with van der Waals surface area (Å²) in [5, 5.41) is 15.0. The maximum absolute atomic E-state index is 6.37. The Morgan fingerprint density at radius 2 is 1.88 bits per heavy atom. The van der Waals surface area contributed by atoms with E-state index < -0.39 is 6.04 Å². The molecule has 0 bridgehead atoms. The second kappa shape index (κ2) is 6.80. The molecule has 0 aliphatic carbocycles. The summed E-state index contributed by atoms with van der Waals surface area (Å²) in [6.45, 7) is 0. The SMILES string of the molecule is NC(c1ccccc1)c1nnc2n1N=C(c1ccc(Cl)cc1Cl)CS2. The molecule has 0 amide bonds. The van der Waals surface area contributed by atoms with E-state index in [1.54, 1.807) is 28.6 Å². The van der Waals surface area contributed by atoms with Crippen LogP contribution in [0.25, 0.3) is 0 Å². The molecule has 0 radical (unpaired) electrons. The van der Waals surface area contributed by atoms with Crippen molar-refractivity contribution in [2.45, 2.75) is 11.2 Å². The summed E-state index contributed by atoms with van der Waals surface area (Å²) in [7, 11) is 0. The summed E-state index contributed by atoms with van der Waals surface area (Å²) in [6, 6.07) is 14.7. The molecule has 1 aromatic heterocycles. The molecule has 2 N–H and O–H groups in total. The highest BCUT2D eigenvalue weighted by Crippen LogP contribution is 2.30. The lowest BCUT2D eigenvalue weighted by Gasteiger charge is -2.17. The van der Waals surface area contributed by atoms with Crippen molar-refractivity contribution in [1.82, 2.24) is 14.9 Å². The first kappa shape index (κ1) is 16.6. The number of hydrogen-bond acceptors (Lipinski definition) is 5. The van der Waals surface area contributed by atoms with E-state index in [0.717, 1.165) is 22.0 Å². The Morgan fingerprint density at radius 1 is 1.08 bits per heavy atom. The molecule has 126 valence electrons. The van der Waals surface area contributed by atoms with Crippen LogP contribution >= 0.6 is 35.0 Å². The van der Waals surface area contributed by atoms with Gasteiger partial charge in [-0.1, -0.05) is 71.4 Å². The number of nitrogens with two attached hydrogens (primary N) is 1. The third-order valence-corrected chi connectivity index (χ3v) is 5.35. The van der Waals surface area contributed by atoms with E-state index in [4.69, 9.17) is 34.0 Å². The number of rotatable bonds is 3. The van der Waals surface area contributed by atoms with E-state index in [1.807, 2.05) is 36.4 Å². The van der Waals surface area contributed by atoms with Crippen LogP contribution < -0.4 is 5.73 Å². The van der Waals surface area contributed by atoms with E-state index in [-0.39, 0.29) is 0 Å². The molecule has 0 fully saturated rings. The molecule has 4 rings (SSSR count). The molecule has 1 aliphatic heterocycles. The summed E-state index contributed by atoms with van der Waals surface area (Å²) in [5.41, 5.74) is 9.00. The van der Waals surface area contributed by atoms with Crippen LogP contribution in [0.15, 0.2) is 58.8 Å². The second-order valence-corrected chi connectivity index (χ2v) is 7.29. The Labute approximate surface area is 158 Å². The zero-order valence-corrected chi connectivity index (χ0v) is 15.3. The monoisotopic (exact) mass is 389 g/mol. The number of benzene rings is 2. The number of fused-ring (bicyclic) bond motifs is 1. The van der Waals surface area contributed by atoms with Crippen LogP contribution in [0.4, 0.5) is 0 Å². The van der Waals surface area contributed by atoms with Crippen molar-refractivity contribution in [3.63, 3.8) is 0 Å². The zero-order chi connectivity index (χ0) is 17.4. The normalized spacial score (nSPS) is 14.8. The first-order chi connectivity index (χ1) is 12.1. The fourth-order valence-electron chi connectivity index (χ4n) is 2.60. The van der Waals surface area contributed by atoms with Gasteiger partial charge in [0.2, 0.25) is 5.16 Å². The maximum atomic E-state index is 6.37. The maximum Gasteiger partial charge on any atom is 0.212 e. The van der Waals surface area contributed by atoms with Crippen molar-refractivity contribution in [3.8, 4) is 0 Å². The first-order valence-corrected chi connectivity index (χ1v) is 9.29. The topological polar surface area (TPSA) is 69.1 Å². The Hall–Kier alpha value is -1.86. The summed E-state index contributed by atoms with van der Waals surface area (Å²) in [4.78, 5) is 0. The summed E-state index contributed by atoms with van der Waals surface area (Å²) < 4.78 is 1.70. The molecule has 2 heterocycles. The molecule has 0 saturated carbocycles. The molecular weight excluding hydrogens is 377 g/mol.